The van der Waals surface area contributed by atoms with E-state index in [1.807, 2.05) is 47.3 Å². The normalized spacial score (nSPS) is 15.7. The van der Waals surface area contributed by atoms with Gasteiger partial charge in [0.15, 0.2) is 0 Å². The van der Waals surface area contributed by atoms with Crippen molar-refractivity contribution in [2.45, 2.75) is 0 Å². The van der Waals surface area contributed by atoms with Gasteiger partial charge in [-0.1, -0.05) is 48.5 Å². The van der Waals surface area contributed by atoms with Crippen LogP contribution in [0.5, 0.6) is 0 Å². The maximum Gasteiger partial charge on any atom is 0.102 e. The van der Waals surface area contributed by atoms with E-state index < -0.39 is 0 Å². The van der Waals surface area contributed by atoms with Crippen LogP contribution >= 0.6 is 0 Å². The summed E-state index contributed by atoms with van der Waals surface area (Å²) in [5.41, 5.74) is 4.12. The number of aromatic nitrogens is 2. The van der Waals surface area contributed by atoms with Crippen LogP contribution < -0.4 is 0 Å². The monoisotopic (exact) mass is 345 g/mol. The number of piperazine rings is 1. The fourth-order valence-electron chi connectivity index (χ4n) is 3.07. The Morgan fingerprint density at radius 2 is 1.54 bits per heavy atom. The standard InChI is InChI=1S/C21H23N5/c1-24-12-14-25(15-13-24)22-16-19-17-26(20-10-6-3-7-11-20)23-21(19)18-8-4-2-5-9-18/h2-11,16-17H,12-15H2,1H3/b22-16-. The molecule has 1 aliphatic rings. The van der Waals surface area contributed by atoms with Crippen molar-refractivity contribution in [1.29, 1.82) is 0 Å². The van der Waals surface area contributed by atoms with Gasteiger partial charge < -0.3 is 4.90 Å². The first-order valence-electron chi connectivity index (χ1n) is 8.97. The van der Waals surface area contributed by atoms with Gasteiger partial charge in [0.05, 0.1) is 11.9 Å². The molecule has 0 atom stereocenters. The number of rotatable bonds is 4. The molecule has 1 fully saturated rings. The summed E-state index contributed by atoms with van der Waals surface area (Å²) in [7, 11) is 2.15. The lowest BCUT2D eigenvalue weighted by Gasteiger charge is -2.30. The molecule has 0 saturated carbocycles. The predicted octanol–water partition coefficient (Wildman–Crippen LogP) is 3.12. The molecule has 1 aromatic heterocycles. The highest BCUT2D eigenvalue weighted by Crippen LogP contribution is 2.22. The van der Waals surface area contributed by atoms with Crippen molar-refractivity contribution in [3.05, 3.63) is 72.4 Å². The second kappa shape index (κ2) is 7.54. The Kier molecular flexibility index (Phi) is 4.80. The Morgan fingerprint density at radius 3 is 2.23 bits per heavy atom. The number of hydrogen-bond acceptors (Lipinski definition) is 4. The minimum absolute atomic E-state index is 0.951. The first-order chi connectivity index (χ1) is 12.8. The van der Waals surface area contributed by atoms with E-state index in [1.165, 1.54) is 0 Å². The zero-order valence-electron chi connectivity index (χ0n) is 15.0. The highest BCUT2D eigenvalue weighted by atomic mass is 15.5. The van der Waals surface area contributed by atoms with Crippen molar-refractivity contribution in [2.24, 2.45) is 5.10 Å². The van der Waals surface area contributed by atoms with E-state index in [4.69, 9.17) is 10.2 Å². The van der Waals surface area contributed by atoms with Crippen LogP contribution in [0.1, 0.15) is 5.56 Å². The number of nitrogens with zero attached hydrogens (tertiary/aromatic N) is 5. The quantitative estimate of drug-likeness (QED) is 0.682. The van der Waals surface area contributed by atoms with E-state index in [-0.39, 0.29) is 0 Å². The zero-order chi connectivity index (χ0) is 17.8. The lowest BCUT2D eigenvalue weighted by molar-refractivity contribution is 0.159. The second-order valence-electron chi connectivity index (χ2n) is 6.58. The fourth-order valence-corrected chi connectivity index (χ4v) is 3.07. The number of likely N-dealkylation sites (N-methyl/N-ethyl adjacent to an activating group) is 1. The number of benzene rings is 2. The lowest BCUT2D eigenvalue weighted by atomic mass is 10.1. The van der Waals surface area contributed by atoms with E-state index >= 15 is 0 Å². The third kappa shape index (κ3) is 3.68. The first kappa shape index (κ1) is 16.5. The van der Waals surface area contributed by atoms with Gasteiger partial charge in [-0.05, 0) is 19.2 Å². The molecule has 1 saturated heterocycles. The summed E-state index contributed by atoms with van der Waals surface area (Å²) in [4.78, 5) is 2.33. The minimum atomic E-state index is 0.951. The molecule has 0 spiro atoms. The van der Waals surface area contributed by atoms with Crippen LogP contribution in [-0.4, -0.2) is 59.1 Å². The summed E-state index contributed by atoms with van der Waals surface area (Å²) < 4.78 is 1.92. The summed E-state index contributed by atoms with van der Waals surface area (Å²) in [6, 6.07) is 20.5. The van der Waals surface area contributed by atoms with Gasteiger partial charge >= 0.3 is 0 Å². The molecule has 0 amide bonds. The van der Waals surface area contributed by atoms with Crippen LogP contribution in [0, 0.1) is 0 Å². The minimum Gasteiger partial charge on any atom is -0.303 e. The average molecular weight is 345 g/mol. The maximum atomic E-state index is 4.83. The molecular weight excluding hydrogens is 322 g/mol. The van der Waals surface area contributed by atoms with Gasteiger partial charge in [-0.25, -0.2) is 4.68 Å². The summed E-state index contributed by atoms with van der Waals surface area (Å²) in [6.45, 7) is 4.01. The van der Waals surface area contributed by atoms with Gasteiger partial charge in [0, 0.05) is 43.5 Å². The van der Waals surface area contributed by atoms with Crippen LogP contribution in [0.3, 0.4) is 0 Å². The van der Waals surface area contributed by atoms with Gasteiger partial charge in [0.1, 0.15) is 5.69 Å². The Labute approximate surface area is 154 Å². The maximum absolute atomic E-state index is 4.83. The highest BCUT2D eigenvalue weighted by molar-refractivity contribution is 5.88. The molecule has 2 heterocycles. The topological polar surface area (TPSA) is 36.7 Å². The molecule has 0 radical (unpaired) electrons. The molecule has 3 aromatic rings. The fraction of sp³-hybridized carbons (Fsp3) is 0.238. The largest absolute Gasteiger partial charge is 0.303 e. The second-order valence-corrected chi connectivity index (χ2v) is 6.58. The highest BCUT2D eigenvalue weighted by Gasteiger charge is 2.13. The third-order valence-electron chi connectivity index (χ3n) is 4.65. The lowest BCUT2D eigenvalue weighted by Crippen LogP contribution is -2.41. The van der Waals surface area contributed by atoms with Crippen LogP contribution in [0.4, 0.5) is 0 Å². The molecule has 5 nitrogen and oxygen atoms in total. The molecule has 0 unspecified atom stereocenters. The Hall–Kier alpha value is -2.92. The number of hydrogen-bond donors (Lipinski definition) is 0. The van der Waals surface area contributed by atoms with Crippen molar-refractivity contribution in [1.82, 2.24) is 19.7 Å². The molecular formula is C21H23N5. The molecule has 0 N–H and O–H groups in total. The Morgan fingerprint density at radius 1 is 0.885 bits per heavy atom. The molecule has 5 heteroatoms. The van der Waals surface area contributed by atoms with Gasteiger partial charge in [0.25, 0.3) is 0 Å². The molecule has 0 bridgehead atoms. The van der Waals surface area contributed by atoms with Crippen molar-refractivity contribution < 1.29 is 0 Å². The Bertz CT molecular complexity index is 862. The van der Waals surface area contributed by atoms with E-state index in [9.17, 15) is 0 Å². The smallest absolute Gasteiger partial charge is 0.102 e. The molecule has 1 aliphatic heterocycles. The van der Waals surface area contributed by atoms with Crippen LogP contribution in [0.15, 0.2) is 72.0 Å². The van der Waals surface area contributed by atoms with E-state index in [2.05, 4.69) is 47.4 Å². The Balaban J connectivity index is 1.67. The van der Waals surface area contributed by atoms with E-state index in [0.29, 0.717) is 0 Å². The van der Waals surface area contributed by atoms with Crippen molar-refractivity contribution in [2.75, 3.05) is 33.2 Å². The molecule has 4 rings (SSSR count). The number of hydrazone groups is 1. The third-order valence-corrected chi connectivity index (χ3v) is 4.65. The summed E-state index contributed by atoms with van der Waals surface area (Å²) in [6.07, 6.45) is 4.00. The van der Waals surface area contributed by atoms with Gasteiger partial charge in [-0.3, -0.25) is 5.01 Å². The molecule has 0 aliphatic carbocycles. The van der Waals surface area contributed by atoms with Crippen molar-refractivity contribution in [3.63, 3.8) is 0 Å². The molecule has 2 aromatic carbocycles. The van der Waals surface area contributed by atoms with Gasteiger partial charge in [0.2, 0.25) is 0 Å². The van der Waals surface area contributed by atoms with E-state index in [0.717, 1.165) is 48.7 Å². The van der Waals surface area contributed by atoms with Crippen LogP contribution in [0.2, 0.25) is 0 Å². The number of para-hydroxylation sites is 1. The van der Waals surface area contributed by atoms with Crippen molar-refractivity contribution in [3.8, 4) is 16.9 Å². The summed E-state index contributed by atoms with van der Waals surface area (Å²) >= 11 is 0. The molecule has 26 heavy (non-hydrogen) atoms. The van der Waals surface area contributed by atoms with Crippen LogP contribution in [-0.2, 0) is 0 Å². The molecule has 132 valence electrons. The predicted molar refractivity (Wildman–Crippen MR) is 106 cm³/mol. The SMILES string of the molecule is CN1CCN(/N=C\c2cn(-c3ccccc3)nc2-c2ccccc2)CC1. The average Bonchev–Trinajstić information content (AvgIpc) is 3.13. The first-order valence-corrected chi connectivity index (χ1v) is 8.97. The van der Waals surface area contributed by atoms with Crippen LogP contribution in [0.25, 0.3) is 16.9 Å². The van der Waals surface area contributed by atoms with E-state index in [1.54, 1.807) is 0 Å². The van der Waals surface area contributed by atoms with Gasteiger partial charge in [-0.15, -0.1) is 0 Å². The van der Waals surface area contributed by atoms with Crippen molar-refractivity contribution >= 4 is 6.21 Å². The zero-order valence-corrected chi connectivity index (χ0v) is 15.0. The summed E-state index contributed by atoms with van der Waals surface area (Å²) in [5.74, 6) is 0. The summed E-state index contributed by atoms with van der Waals surface area (Å²) in [5, 5.41) is 11.7. The van der Waals surface area contributed by atoms with Gasteiger partial charge in [-0.2, -0.15) is 10.2 Å².